The van der Waals surface area contributed by atoms with Crippen molar-refractivity contribution in [2.75, 3.05) is 32.9 Å². The Balaban J connectivity index is 1.21. The van der Waals surface area contributed by atoms with Crippen LogP contribution in [-0.2, 0) is 33.4 Å². The van der Waals surface area contributed by atoms with Gasteiger partial charge >= 0.3 is 6.18 Å². The van der Waals surface area contributed by atoms with Crippen LogP contribution >= 0.6 is 0 Å². The van der Waals surface area contributed by atoms with E-state index in [2.05, 4.69) is 9.88 Å². The van der Waals surface area contributed by atoms with Gasteiger partial charge in [0.15, 0.2) is 0 Å². The van der Waals surface area contributed by atoms with Gasteiger partial charge in [-0.25, -0.2) is 0 Å². The van der Waals surface area contributed by atoms with Crippen LogP contribution in [0.15, 0.2) is 12.3 Å². The number of nitrogens with zero attached hydrogens (tertiary/aromatic N) is 3. The van der Waals surface area contributed by atoms with Gasteiger partial charge in [0, 0.05) is 56.6 Å². The van der Waals surface area contributed by atoms with E-state index >= 15 is 0 Å². The van der Waals surface area contributed by atoms with Crippen LogP contribution in [-0.4, -0.2) is 71.8 Å². The Morgan fingerprint density at radius 3 is 2.94 bits per heavy atom. The molecule has 186 valence electrons. The lowest BCUT2D eigenvalue weighted by molar-refractivity contribution is -0.149. The van der Waals surface area contributed by atoms with E-state index in [1.807, 2.05) is 4.90 Å². The van der Waals surface area contributed by atoms with Crippen molar-refractivity contribution in [1.29, 1.82) is 0 Å². The molecule has 2 saturated heterocycles. The standard InChI is InChI=1S/C25H32F3N3O3/c26-25(27,28)18-10-16-14-30(6-3-20(16)29-13-18)23(32)24-5-1-2-17(24)11-19(12-24)31-7-9-34-22-15-33-8-4-21(22)31/h10,13,17,19,21-22H,1-9,11-12,14-15H2/t17-,19+,21+,22+,24-/m1/s1. The van der Waals surface area contributed by atoms with Crippen LogP contribution in [0, 0.1) is 11.3 Å². The molecule has 3 aliphatic heterocycles. The monoisotopic (exact) mass is 479 g/mol. The molecule has 4 heterocycles. The Kier molecular flexibility index (Phi) is 5.65. The highest BCUT2D eigenvalue weighted by Gasteiger charge is 2.58. The number of pyridine rings is 1. The van der Waals surface area contributed by atoms with Crippen molar-refractivity contribution in [2.24, 2.45) is 11.3 Å². The second kappa shape index (κ2) is 8.45. The summed E-state index contributed by atoms with van der Waals surface area (Å²) in [5, 5.41) is 0. The number of rotatable bonds is 2. The molecule has 0 N–H and O–H groups in total. The lowest BCUT2D eigenvalue weighted by Gasteiger charge is -2.46. The number of amides is 1. The number of hydrogen-bond donors (Lipinski definition) is 0. The highest BCUT2D eigenvalue weighted by molar-refractivity contribution is 5.84. The average Bonchev–Trinajstić information content (AvgIpc) is 3.40. The molecule has 1 amide bonds. The summed E-state index contributed by atoms with van der Waals surface area (Å²) < 4.78 is 51.3. The molecule has 1 aromatic heterocycles. The van der Waals surface area contributed by atoms with Crippen LogP contribution in [0.4, 0.5) is 13.2 Å². The van der Waals surface area contributed by atoms with Gasteiger partial charge in [0.1, 0.15) is 0 Å². The maximum absolute atomic E-state index is 14.0. The molecule has 2 saturated carbocycles. The number of carbonyl (C=O) groups excluding carboxylic acids is 1. The summed E-state index contributed by atoms with van der Waals surface area (Å²) in [5.41, 5.74) is 0.0986. The van der Waals surface area contributed by atoms with E-state index in [4.69, 9.17) is 9.47 Å². The number of halogens is 3. The van der Waals surface area contributed by atoms with Crippen LogP contribution in [0.5, 0.6) is 0 Å². The van der Waals surface area contributed by atoms with E-state index in [9.17, 15) is 18.0 Å². The van der Waals surface area contributed by atoms with Gasteiger partial charge < -0.3 is 14.4 Å². The minimum absolute atomic E-state index is 0.114. The second-order valence-electron chi connectivity index (χ2n) is 10.7. The SMILES string of the molecule is O=C(N1CCc2ncc(C(F)(F)F)cc2C1)[C@@]12CCC[C@@H]1C[C@H](N1CCO[C@H]3COCC[C@@H]31)C2. The molecule has 6 rings (SSSR count). The number of alkyl halides is 3. The first kappa shape index (κ1) is 22.7. The van der Waals surface area contributed by atoms with Crippen LogP contribution in [0.1, 0.15) is 55.3 Å². The molecule has 34 heavy (non-hydrogen) atoms. The van der Waals surface area contributed by atoms with Crippen molar-refractivity contribution in [3.8, 4) is 0 Å². The van der Waals surface area contributed by atoms with Gasteiger partial charge in [0.2, 0.25) is 5.91 Å². The molecule has 2 aliphatic carbocycles. The number of ether oxygens (including phenoxy) is 2. The molecule has 0 radical (unpaired) electrons. The van der Waals surface area contributed by atoms with Gasteiger partial charge in [0.25, 0.3) is 0 Å². The predicted molar refractivity (Wildman–Crippen MR) is 117 cm³/mol. The molecule has 6 nitrogen and oxygen atoms in total. The molecule has 0 spiro atoms. The van der Waals surface area contributed by atoms with Crippen molar-refractivity contribution in [1.82, 2.24) is 14.8 Å². The largest absolute Gasteiger partial charge is 0.417 e. The Labute approximate surface area is 197 Å². The van der Waals surface area contributed by atoms with Crippen molar-refractivity contribution in [2.45, 2.75) is 75.9 Å². The third-order valence-corrected chi connectivity index (χ3v) is 9.04. The molecule has 0 unspecified atom stereocenters. The van der Waals surface area contributed by atoms with Gasteiger partial charge in [-0.15, -0.1) is 0 Å². The molecule has 4 fully saturated rings. The smallest absolute Gasteiger partial charge is 0.379 e. The molecule has 9 heteroatoms. The normalized spacial score (nSPS) is 36.1. The molecule has 0 aromatic carbocycles. The second-order valence-corrected chi connectivity index (χ2v) is 10.7. The Morgan fingerprint density at radius 1 is 1.21 bits per heavy atom. The van der Waals surface area contributed by atoms with Crippen molar-refractivity contribution < 1.29 is 27.4 Å². The van der Waals surface area contributed by atoms with Gasteiger partial charge in [-0.3, -0.25) is 14.7 Å². The fraction of sp³-hybridized carbons (Fsp3) is 0.760. The molecule has 5 aliphatic rings. The zero-order valence-electron chi connectivity index (χ0n) is 19.4. The summed E-state index contributed by atoms with van der Waals surface area (Å²) in [4.78, 5) is 22.5. The van der Waals surface area contributed by atoms with Crippen LogP contribution in [0.2, 0.25) is 0 Å². The number of fused-ring (bicyclic) bond motifs is 3. The zero-order valence-corrected chi connectivity index (χ0v) is 19.4. The molecule has 5 atom stereocenters. The predicted octanol–water partition coefficient (Wildman–Crippen LogP) is 3.42. The van der Waals surface area contributed by atoms with Gasteiger partial charge in [-0.1, -0.05) is 6.42 Å². The van der Waals surface area contributed by atoms with E-state index in [-0.39, 0.29) is 24.0 Å². The van der Waals surface area contributed by atoms with Gasteiger partial charge in [-0.05, 0) is 49.7 Å². The number of hydrogen-bond acceptors (Lipinski definition) is 5. The maximum atomic E-state index is 14.0. The summed E-state index contributed by atoms with van der Waals surface area (Å²) in [6.45, 7) is 3.74. The van der Waals surface area contributed by atoms with E-state index < -0.39 is 11.7 Å². The number of morpholine rings is 1. The quantitative estimate of drug-likeness (QED) is 0.651. The highest BCUT2D eigenvalue weighted by atomic mass is 19.4. The van der Waals surface area contributed by atoms with Crippen LogP contribution in [0.25, 0.3) is 0 Å². The Bertz CT molecular complexity index is 955. The van der Waals surface area contributed by atoms with Crippen LogP contribution < -0.4 is 0 Å². The summed E-state index contributed by atoms with van der Waals surface area (Å²) in [5.74, 6) is 0.504. The van der Waals surface area contributed by atoms with Crippen LogP contribution in [0.3, 0.4) is 0 Å². The Morgan fingerprint density at radius 2 is 2.09 bits per heavy atom. The maximum Gasteiger partial charge on any atom is 0.417 e. The summed E-state index contributed by atoms with van der Waals surface area (Å²) >= 11 is 0. The third-order valence-electron chi connectivity index (χ3n) is 9.04. The summed E-state index contributed by atoms with van der Waals surface area (Å²) in [7, 11) is 0. The first-order chi connectivity index (χ1) is 16.3. The average molecular weight is 480 g/mol. The first-order valence-electron chi connectivity index (χ1n) is 12.6. The van der Waals surface area contributed by atoms with Gasteiger partial charge in [0.05, 0.1) is 30.3 Å². The topological polar surface area (TPSA) is 54.9 Å². The fourth-order valence-electron chi connectivity index (χ4n) is 7.45. The van der Waals surface area contributed by atoms with E-state index in [1.54, 1.807) is 0 Å². The first-order valence-corrected chi connectivity index (χ1v) is 12.6. The summed E-state index contributed by atoms with van der Waals surface area (Å²) in [6, 6.07) is 1.90. The lowest BCUT2D eigenvalue weighted by atomic mass is 9.78. The van der Waals surface area contributed by atoms with Crippen molar-refractivity contribution in [3.05, 3.63) is 29.1 Å². The van der Waals surface area contributed by atoms with Crippen molar-refractivity contribution >= 4 is 5.91 Å². The zero-order chi connectivity index (χ0) is 23.5. The minimum Gasteiger partial charge on any atom is -0.379 e. The molecule has 1 aromatic rings. The lowest BCUT2D eigenvalue weighted by Crippen LogP contribution is -2.58. The number of aromatic nitrogens is 1. The number of carbonyl (C=O) groups is 1. The fourth-order valence-corrected chi connectivity index (χ4v) is 7.45. The molecular formula is C25H32F3N3O3. The molecular weight excluding hydrogens is 447 g/mol. The van der Waals surface area contributed by atoms with E-state index in [1.165, 1.54) is 6.07 Å². The third kappa shape index (κ3) is 3.75. The minimum atomic E-state index is -4.43. The highest BCUT2D eigenvalue weighted by Crippen LogP contribution is 2.57. The van der Waals surface area contributed by atoms with E-state index in [0.29, 0.717) is 55.4 Å². The van der Waals surface area contributed by atoms with Gasteiger partial charge in [-0.2, -0.15) is 13.2 Å². The van der Waals surface area contributed by atoms with E-state index in [0.717, 1.165) is 57.9 Å². The molecule has 0 bridgehead atoms. The van der Waals surface area contributed by atoms with Crippen molar-refractivity contribution in [3.63, 3.8) is 0 Å². The summed E-state index contributed by atoms with van der Waals surface area (Å²) in [6.07, 6.45) is 2.95. The Hall–Kier alpha value is -1.71.